The highest BCUT2D eigenvalue weighted by Crippen LogP contribution is 2.14. The first-order valence-electron chi connectivity index (χ1n) is 7.37. The summed E-state index contributed by atoms with van der Waals surface area (Å²) in [5.41, 5.74) is 1.96. The van der Waals surface area contributed by atoms with Crippen molar-refractivity contribution in [3.8, 4) is 6.07 Å². The molecule has 0 aliphatic carbocycles. The summed E-state index contributed by atoms with van der Waals surface area (Å²) in [5.74, 6) is -1.62. The van der Waals surface area contributed by atoms with Gasteiger partial charge in [-0.25, -0.2) is 0 Å². The third-order valence-electron chi connectivity index (χ3n) is 3.45. The van der Waals surface area contributed by atoms with Crippen LogP contribution in [-0.2, 0) is 16.0 Å². The molecule has 1 amide bonds. The smallest absolute Gasteiger partial charge is 0.325 e. The van der Waals surface area contributed by atoms with Crippen molar-refractivity contribution < 1.29 is 14.7 Å². The van der Waals surface area contributed by atoms with Gasteiger partial charge in [0.15, 0.2) is 0 Å². The molecule has 2 unspecified atom stereocenters. The minimum atomic E-state index is -1.07. The number of hydrogen-bond acceptors (Lipinski definition) is 4. The Morgan fingerprint density at radius 1 is 1.30 bits per heavy atom. The molecule has 1 aromatic carbocycles. The lowest BCUT2D eigenvalue weighted by molar-refractivity contribution is -0.138. The molecule has 2 atom stereocenters. The van der Waals surface area contributed by atoms with Crippen LogP contribution in [0.25, 0.3) is 0 Å². The fourth-order valence-corrected chi connectivity index (χ4v) is 1.83. The molecule has 0 aliphatic heterocycles. The van der Waals surface area contributed by atoms with Gasteiger partial charge in [0.1, 0.15) is 17.7 Å². The fraction of sp³-hybridized carbons (Fsp3) is 0.353. The number of nitriles is 1. The van der Waals surface area contributed by atoms with Crippen LogP contribution in [-0.4, -0.2) is 23.0 Å². The minimum Gasteiger partial charge on any atom is -0.480 e. The maximum atomic E-state index is 12.1. The van der Waals surface area contributed by atoms with Gasteiger partial charge in [-0.1, -0.05) is 31.2 Å². The molecular formula is C17H21N3O3. The second kappa shape index (κ2) is 8.59. The van der Waals surface area contributed by atoms with Crippen molar-refractivity contribution in [3.05, 3.63) is 47.2 Å². The van der Waals surface area contributed by atoms with E-state index in [1.54, 1.807) is 6.07 Å². The number of carboxylic acid groups (broad SMARTS) is 1. The molecule has 1 aromatic rings. The zero-order valence-corrected chi connectivity index (χ0v) is 13.5. The number of carbonyl (C=O) groups excluding carboxylic acids is 1. The van der Waals surface area contributed by atoms with Gasteiger partial charge in [0.2, 0.25) is 0 Å². The van der Waals surface area contributed by atoms with E-state index in [2.05, 4.69) is 17.6 Å². The number of aliphatic carboxylic acids is 1. The van der Waals surface area contributed by atoms with Gasteiger partial charge in [0.25, 0.3) is 5.91 Å². The molecule has 0 fully saturated rings. The van der Waals surface area contributed by atoms with E-state index < -0.39 is 17.9 Å². The summed E-state index contributed by atoms with van der Waals surface area (Å²) in [6.45, 7) is 5.31. The Labute approximate surface area is 135 Å². The quantitative estimate of drug-likeness (QED) is 0.527. The fourth-order valence-electron chi connectivity index (χ4n) is 1.83. The number of carbonyl (C=O) groups is 2. The Bertz CT molecular complexity index is 629. The normalized spacial score (nSPS) is 13.6. The van der Waals surface area contributed by atoms with Crippen LogP contribution in [0, 0.1) is 11.3 Å². The van der Waals surface area contributed by atoms with Crippen LogP contribution in [0.15, 0.2) is 36.0 Å². The van der Waals surface area contributed by atoms with Crippen molar-refractivity contribution in [2.75, 3.05) is 0 Å². The molecule has 23 heavy (non-hydrogen) atoms. The maximum Gasteiger partial charge on any atom is 0.325 e. The van der Waals surface area contributed by atoms with Crippen molar-refractivity contribution in [3.63, 3.8) is 0 Å². The number of hydrogen-bond donors (Lipinski definition) is 3. The topological polar surface area (TPSA) is 102 Å². The summed E-state index contributed by atoms with van der Waals surface area (Å²) in [6, 6.07) is 8.48. The van der Waals surface area contributed by atoms with E-state index in [0.29, 0.717) is 0 Å². The first-order chi connectivity index (χ1) is 10.9. The number of amides is 1. The first kappa shape index (κ1) is 18.2. The molecule has 0 radical (unpaired) electrons. The number of nitrogens with one attached hydrogen (secondary N) is 2. The van der Waals surface area contributed by atoms with E-state index in [1.807, 2.05) is 31.2 Å². The predicted molar refractivity (Wildman–Crippen MR) is 86.3 cm³/mol. The van der Waals surface area contributed by atoms with Gasteiger partial charge in [-0.15, -0.1) is 0 Å². The highest BCUT2D eigenvalue weighted by atomic mass is 16.4. The summed E-state index contributed by atoms with van der Waals surface area (Å²) in [7, 11) is 0. The molecule has 0 aliphatic rings. The van der Waals surface area contributed by atoms with Crippen molar-refractivity contribution in [1.29, 1.82) is 5.26 Å². The molecule has 0 saturated carbocycles. The van der Waals surface area contributed by atoms with Crippen LogP contribution >= 0.6 is 0 Å². The molecule has 0 saturated heterocycles. The average molecular weight is 315 g/mol. The molecule has 3 N–H and O–H groups in total. The highest BCUT2D eigenvalue weighted by molar-refractivity contribution is 5.97. The predicted octanol–water partition coefficient (Wildman–Crippen LogP) is 1.90. The largest absolute Gasteiger partial charge is 0.480 e. The van der Waals surface area contributed by atoms with Crippen molar-refractivity contribution in [2.45, 2.75) is 39.3 Å². The number of nitrogens with zero attached hydrogens (tertiary/aromatic N) is 1. The number of carboxylic acids is 1. The monoisotopic (exact) mass is 315 g/mol. The lowest BCUT2D eigenvalue weighted by Gasteiger charge is -2.15. The van der Waals surface area contributed by atoms with E-state index in [4.69, 9.17) is 10.4 Å². The first-order valence-corrected chi connectivity index (χ1v) is 7.37. The standard InChI is InChI=1S/C17H21N3O3/c1-4-13-5-7-14(8-6-13)11(2)20-16(21)15(9-18)10-19-12(3)17(22)23/h5-8,10-12,19H,4H2,1-3H3,(H,20,21)(H,22,23)/b15-10-. The summed E-state index contributed by atoms with van der Waals surface area (Å²) >= 11 is 0. The summed E-state index contributed by atoms with van der Waals surface area (Å²) in [5, 5.41) is 23.0. The second-order valence-electron chi connectivity index (χ2n) is 5.19. The molecule has 0 spiro atoms. The summed E-state index contributed by atoms with van der Waals surface area (Å²) in [6.07, 6.45) is 2.07. The molecule has 122 valence electrons. The molecule has 0 heterocycles. The Hall–Kier alpha value is -2.81. The van der Waals surface area contributed by atoms with Gasteiger partial charge in [-0.2, -0.15) is 5.26 Å². The summed E-state index contributed by atoms with van der Waals surface area (Å²) in [4.78, 5) is 22.8. The lowest BCUT2D eigenvalue weighted by Crippen LogP contribution is -2.32. The SMILES string of the molecule is CCc1ccc(C(C)NC(=O)/C(C#N)=C\NC(C)C(=O)O)cc1. The van der Waals surface area contributed by atoms with Gasteiger partial charge < -0.3 is 15.7 Å². The van der Waals surface area contributed by atoms with Gasteiger partial charge in [0.05, 0.1) is 6.04 Å². The number of benzene rings is 1. The molecule has 0 bridgehead atoms. The molecule has 0 aromatic heterocycles. The van der Waals surface area contributed by atoms with Crippen molar-refractivity contribution in [2.24, 2.45) is 0 Å². The molecule has 1 rings (SSSR count). The number of aryl methyl sites for hydroxylation is 1. The third kappa shape index (κ3) is 5.47. The van der Waals surface area contributed by atoms with Crippen LogP contribution in [0.5, 0.6) is 0 Å². The third-order valence-corrected chi connectivity index (χ3v) is 3.45. The van der Waals surface area contributed by atoms with Crippen LogP contribution < -0.4 is 10.6 Å². The maximum absolute atomic E-state index is 12.1. The second-order valence-corrected chi connectivity index (χ2v) is 5.19. The minimum absolute atomic E-state index is 0.171. The summed E-state index contributed by atoms with van der Waals surface area (Å²) < 4.78 is 0. The lowest BCUT2D eigenvalue weighted by atomic mass is 10.0. The zero-order valence-electron chi connectivity index (χ0n) is 13.5. The number of rotatable bonds is 7. The van der Waals surface area contributed by atoms with E-state index >= 15 is 0 Å². The van der Waals surface area contributed by atoms with Crippen LogP contribution in [0.2, 0.25) is 0 Å². The van der Waals surface area contributed by atoms with Crippen LogP contribution in [0.4, 0.5) is 0 Å². The van der Waals surface area contributed by atoms with Crippen molar-refractivity contribution in [1.82, 2.24) is 10.6 Å². The van der Waals surface area contributed by atoms with Gasteiger partial charge >= 0.3 is 5.97 Å². The Balaban J connectivity index is 2.73. The highest BCUT2D eigenvalue weighted by Gasteiger charge is 2.15. The molecule has 6 nitrogen and oxygen atoms in total. The molecular weight excluding hydrogens is 294 g/mol. The van der Waals surface area contributed by atoms with E-state index in [-0.39, 0.29) is 11.6 Å². The average Bonchev–Trinajstić information content (AvgIpc) is 2.55. The Morgan fingerprint density at radius 2 is 1.91 bits per heavy atom. The van der Waals surface area contributed by atoms with Gasteiger partial charge in [-0.3, -0.25) is 9.59 Å². The van der Waals surface area contributed by atoms with Crippen LogP contribution in [0.3, 0.4) is 0 Å². The molecule has 6 heteroatoms. The van der Waals surface area contributed by atoms with Crippen LogP contribution in [0.1, 0.15) is 37.9 Å². The zero-order chi connectivity index (χ0) is 17.4. The van der Waals surface area contributed by atoms with Crippen molar-refractivity contribution >= 4 is 11.9 Å². The van der Waals surface area contributed by atoms with E-state index in [1.165, 1.54) is 12.5 Å². The Morgan fingerprint density at radius 3 is 2.39 bits per heavy atom. The van der Waals surface area contributed by atoms with E-state index in [0.717, 1.165) is 18.2 Å². The van der Waals surface area contributed by atoms with Gasteiger partial charge in [0, 0.05) is 6.20 Å². The van der Waals surface area contributed by atoms with Gasteiger partial charge in [-0.05, 0) is 31.4 Å². The Kier molecular flexibility index (Phi) is 6.81. The van der Waals surface area contributed by atoms with E-state index in [9.17, 15) is 9.59 Å².